The summed E-state index contributed by atoms with van der Waals surface area (Å²) in [7, 11) is 0. The van der Waals surface area contributed by atoms with E-state index in [0.717, 1.165) is 37.4 Å². The first-order valence-electron chi connectivity index (χ1n) is 7.27. The van der Waals surface area contributed by atoms with E-state index in [-0.39, 0.29) is 6.04 Å². The van der Waals surface area contributed by atoms with Crippen molar-refractivity contribution in [2.45, 2.75) is 32.7 Å². The fourth-order valence-electron chi connectivity index (χ4n) is 2.90. The molecule has 20 heavy (non-hydrogen) atoms. The maximum absolute atomic E-state index is 6.07. The monoisotopic (exact) mass is 270 g/mol. The van der Waals surface area contributed by atoms with E-state index in [1.165, 1.54) is 16.7 Å². The molecule has 1 unspecified atom stereocenters. The maximum atomic E-state index is 6.07. The molecular formula is C16H22N4. The standard InChI is InChI=1S/C16H22N4/c1-11-5-7-13(8-6-11)15-12(2)16(19-18-15)20-9-3-4-14(17)10-20/h5-8,14H,3-4,9-10,17H2,1-2H3,(H,18,19). The number of nitrogens with two attached hydrogens (primary N) is 1. The molecular weight excluding hydrogens is 248 g/mol. The topological polar surface area (TPSA) is 57.9 Å². The number of aromatic nitrogens is 2. The Morgan fingerprint density at radius 2 is 2.00 bits per heavy atom. The SMILES string of the molecule is Cc1ccc(-c2[nH]nc(N3CCCC(N)C3)c2C)cc1. The van der Waals surface area contributed by atoms with Gasteiger partial charge in [0.05, 0.1) is 5.69 Å². The van der Waals surface area contributed by atoms with Gasteiger partial charge >= 0.3 is 0 Å². The predicted octanol–water partition coefficient (Wildman–Crippen LogP) is 2.62. The average Bonchev–Trinajstić information content (AvgIpc) is 2.82. The number of rotatable bonds is 2. The van der Waals surface area contributed by atoms with Gasteiger partial charge in [-0.25, -0.2) is 0 Å². The van der Waals surface area contributed by atoms with Gasteiger partial charge in [-0.2, -0.15) is 5.10 Å². The van der Waals surface area contributed by atoms with Gasteiger partial charge in [0.1, 0.15) is 0 Å². The van der Waals surface area contributed by atoms with E-state index >= 15 is 0 Å². The van der Waals surface area contributed by atoms with E-state index in [2.05, 4.69) is 53.2 Å². The van der Waals surface area contributed by atoms with E-state index in [0.29, 0.717) is 0 Å². The second-order valence-electron chi connectivity index (χ2n) is 5.76. The van der Waals surface area contributed by atoms with Gasteiger partial charge in [0.25, 0.3) is 0 Å². The summed E-state index contributed by atoms with van der Waals surface area (Å²) in [6.45, 7) is 6.18. The third-order valence-corrected chi connectivity index (χ3v) is 4.08. The molecule has 1 atom stereocenters. The summed E-state index contributed by atoms with van der Waals surface area (Å²) in [6.07, 6.45) is 2.26. The highest BCUT2D eigenvalue weighted by atomic mass is 15.3. The molecule has 1 aromatic carbocycles. The van der Waals surface area contributed by atoms with Gasteiger partial charge in [-0.15, -0.1) is 0 Å². The third-order valence-electron chi connectivity index (χ3n) is 4.08. The number of piperidine rings is 1. The number of aryl methyl sites for hydroxylation is 1. The Balaban J connectivity index is 1.90. The molecule has 1 aromatic heterocycles. The van der Waals surface area contributed by atoms with Crippen LogP contribution < -0.4 is 10.6 Å². The molecule has 0 radical (unpaired) electrons. The normalized spacial score (nSPS) is 19.4. The molecule has 0 spiro atoms. The van der Waals surface area contributed by atoms with Gasteiger partial charge in [-0.1, -0.05) is 29.8 Å². The van der Waals surface area contributed by atoms with Crippen LogP contribution in [0.2, 0.25) is 0 Å². The molecule has 0 amide bonds. The molecule has 0 aliphatic carbocycles. The average molecular weight is 270 g/mol. The van der Waals surface area contributed by atoms with Crippen LogP contribution in [0.5, 0.6) is 0 Å². The minimum Gasteiger partial charge on any atom is -0.353 e. The van der Waals surface area contributed by atoms with Crippen molar-refractivity contribution in [3.05, 3.63) is 35.4 Å². The first kappa shape index (κ1) is 13.2. The zero-order valence-corrected chi connectivity index (χ0v) is 12.2. The molecule has 1 saturated heterocycles. The van der Waals surface area contributed by atoms with Gasteiger partial charge in [0, 0.05) is 24.7 Å². The molecule has 3 N–H and O–H groups in total. The molecule has 0 saturated carbocycles. The van der Waals surface area contributed by atoms with Crippen molar-refractivity contribution < 1.29 is 0 Å². The highest BCUT2D eigenvalue weighted by Crippen LogP contribution is 2.29. The number of hydrogen-bond acceptors (Lipinski definition) is 3. The van der Waals surface area contributed by atoms with E-state index in [4.69, 9.17) is 5.73 Å². The molecule has 3 rings (SSSR count). The minimum atomic E-state index is 0.266. The Kier molecular flexibility index (Phi) is 3.49. The first-order valence-corrected chi connectivity index (χ1v) is 7.27. The highest BCUT2D eigenvalue weighted by Gasteiger charge is 2.22. The van der Waals surface area contributed by atoms with E-state index in [1.807, 2.05) is 0 Å². The summed E-state index contributed by atoms with van der Waals surface area (Å²) in [4.78, 5) is 2.30. The number of anilines is 1. The Labute approximate surface area is 120 Å². The number of nitrogens with one attached hydrogen (secondary N) is 1. The van der Waals surface area contributed by atoms with Gasteiger partial charge in [-0.3, -0.25) is 5.10 Å². The molecule has 4 nitrogen and oxygen atoms in total. The smallest absolute Gasteiger partial charge is 0.153 e. The van der Waals surface area contributed by atoms with Crippen LogP contribution in [0.3, 0.4) is 0 Å². The van der Waals surface area contributed by atoms with Gasteiger partial charge in [0.2, 0.25) is 0 Å². The highest BCUT2D eigenvalue weighted by molar-refractivity contribution is 5.69. The van der Waals surface area contributed by atoms with Gasteiger partial charge < -0.3 is 10.6 Å². The second-order valence-corrected chi connectivity index (χ2v) is 5.76. The lowest BCUT2D eigenvalue weighted by molar-refractivity contribution is 0.502. The first-order chi connectivity index (χ1) is 9.65. The molecule has 106 valence electrons. The molecule has 0 bridgehead atoms. The zero-order chi connectivity index (χ0) is 14.1. The largest absolute Gasteiger partial charge is 0.353 e. The summed E-state index contributed by atoms with van der Waals surface area (Å²) in [5.41, 5.74) is 10.8. The number of nitrogens with zero attached hydrogens (tertiary/aromatic N) is 2. The fourth-order valence-corrected chi connectivity index (χ4v) is 2.90. The van der Waals surface area contributed by atoms with Crippen molar-refractivity contribution in [2.24, 2.45) is 5.73 Å². The zero-order valence-electron chi connectivity index (χ0n) is 12.2. The van der Waals surface area contributed by atoms with Gasteiger partial charge in [0.15, 0.2) is 5.82 Å². The third kappa shape index (κ3) is 2.43. The lowest BCUT2D eigenvalue weighted by atomic mass is 10.0. The Morgan fingerprint density at radius 1 is 1.25 bits per heavy atom. The van der Waals surface area contributed by atoms with Crippen LogP contribution in [0.1, 0.15) is 24.0 Å². The van der Waals surface area contributed by atoms with E-state index < -0.39 is 0 Å². The van der Waals surface area contributed by atoms with Crippen LogP contribution >= 0.6 is 0 Å². The summed E-state index contributed by atoms with van der Waals surface area (Å²) < 4.78 is 0. The molecule has 4 heteroatoms. The van der Waals surface area contributed by atoms with Crippen LogP contribution in [0.25, 0.3) is 11.3 Å². The number of aromatic amines is 1. The summed E-state index contributed by atoms with van der Waals surface area (Å²) in [5, 5.41) is 7.71. The fraction of sp³-hybridized carbons (Fsp3) is 0.438. The van der Waals surface area contributed by atoms with E-state index in [9.17, 15) is 0 Å². The van der Waals surface area contributed by atoms with Crippen molar-refractivity contribution in [1.29, 1.82) is 0 Å². The minimum absolute atomic E-state index is 0.266. The van der Waals surface area contributed by atoms with Crippen molar-refractivity contribution in [3.8, 4) is 11.3 Å². The van der Waals surface area contributed by atoms with Crippen molar-refractivity contribution in [1.82, 2.24) is 10.2 Å². The van der Waals surface area contributed by atoms with Crippen LogP contribution in [0.15, 0.2) is 24.3 Å². The number of hydrogen-bond donors (Lipinski definition) is 2. The number of benzene rings is 1. The molecule has 1 fully saturated rings. The summed E-state index contributed by atoms with van der Waals surface area (Å²) in [6, 6.07) is 8.81. The van der Waals surface area contributed by atoms with Crippen molar-refractivity contribution in [2.75, 3.05) is 18.0 Å². The van der Waals surface area contributed by atoms with Crippen molar-refractivity contribution >= 4 is 5.82 Å². The lowest BCUT2D eigenvalue weighted by Gasteiger charge is -2.31. The second kappa shape index (κ2) is 5.29. The Morgan fingerprint density at radius 3 is 2.70 bits per heavy atom. The Hall–Kier alpha value is -1.81. The quantitative estimate of drug-likeness (QED) is 0.882. The molecule has 1 aliphatic heterocycles. The summed E-state index contributed by atoms with van der Waals surface area (Å²) >= 11 is 0. The van der Waals surface area contributed by atoms with Crippen LogP contribution in [-0.2, 0) is 0 Å². The molecule has 2 aromatic rings. The van der Waals surface area contributed by atoms with Gasteiger partial charge in [-0.05, 0) is 32.3 Å². The van der Waals surface area contributed by atoms with Crippen LogP contribution in [0.4, 0.5) is 5.82 Å². The number of H-pyrrole nitrogens is 1. The molecule has 2 heterocycles. The lowest BCUT2D eigenvalue weighted by Crippen LogP contribution is -2.43. The summed E-state index contributed by atoms with van der Waals surface area (Å²) in [5.74, 6) is 1.05. The van der Waals surface area contributed by atoms with Crippen LogP contribution in [-0.4, -0.2) is 29.3 Å². The van der Waals surface area contributed by atoms with Crippen molar-refractivity contribution in [3.63, 3.8) is 0 Å². The van der Waals surface area contributed by atoms with E-state index in [1.54, 1.807) is 0 Å². The molecule has 1 aliphatic rings. The predicted molar refractivity (Wildman–Crippen MR) is 82.9 cm³/mol. The van der Waals surface area contributed by atoms with Crippen LogP contribution in [0, 0.1) is 13.8 Å². The Bertz CT molecular complexity index is 585. The maximum Gasteiger partial charge on any atom is 0.153 e.